The molecule has 1 aliphatic rings. The van der Waals surface area contributed by atoms with Gasteiger partial charge < -0.3 is 10.2 Å². The summed E-state index contributed by atoms with van der Waals surface area (Å²) in [6.07, 6.45) is 1.86. The van der Waals surface area contributed by atoms with E-state index in [2.05, 4.69) is 19.2 Å². The molecule has 0 bridgehead atoms. The molecular formula is C21H22Cl2N2O2. The minimum atomic E-state index is -0.429. The van der Waals surface area contributed by atoms with Crippen molar-refractivity contribution in [2.24, 2.45) is 5.92 Å². The van der Waals surface area contributed by atoms with Gasteiger partial charge in [-0.3, -0.25) is 9.59 Å². The Labute approximate surface area is 169 Å². The summed E-state index contributed by atoms with van der Waals surface area (Å²) in [4.78, 5) is 27.2. The van der Waals surface area contributed by atoms with Crippen molar-refractivity contribution in [3.05, 3.63) is 57.6 Å². The Balaban J connectivity index is 1.82. The summed E-state index contributed by atoms with van der Waals surface area (Å²) in [7, 11) is 0. The number of nitrogens with one attached hydrogen (secondary N) is 1. The van der Waals surface area contributed by atoms with Crippen LogP contribution in [0.5, 0.6) is 0 Å². The molecule has 0 aromatic heterocycles. The number of hydrogen-bond donors (Lipinski definition) is 1. The van der Waals surface area contributed by atoms with E-state index in [1.54, 1.807) is 23.1 Å². The van der Waals surface area contributed by atoms with E-state index in [0.717, 1.165) is 29.7 Å². The summed E-state index contributed by atoms with van der Waals surface area (Å²) in [5, 5.41) is 3.71. The maximum Gasteiger partial charge on any atom is 0.229 e. The minimum absolute atomic E-state index is 0.0251. The van der Waals surface area contributed by atoms with E-state index in [4.69, 9.17) is 23.2 Å². The number of hydrogen-bond acceptors (Lipinski definition) is 2. The average molecular weight is 405 g/mol. The zero-order chi connectivity index (χ0) is 19.6. The van der Waals surface area contributed by atoms with Gasteiger partial charge in [-0.25, -0.2) is 0 Å². The average Bonchev–Trinajstić information content (AvgIpc) is 3.05. The second-order valence-corrected chi connectivity index (χ2v) is 7.49. The third kappa shape index (κ3) is 4.12. The van der Waals surface area contributed by atoms with Crippen LogP contribution in [-0.2, 0) is 22.4 Å². The van der Waals surface area contributed by atoms with Gasteiger partial charge in [0.2, 0.25) is 11.8 Å². The van der Waals surface area contributed by atoms with Crippen molar-refractivity contribution in [3.63, 3.8) is 0 Å². The number of anilines is 2. The van der Waals surface area contributed by atoms with Crippen molar-refractivity contribution in [1.29, 1.82) is 0 Å². The van der Waals surface area contributed by atoms with Gasteiger partial charge in [0.15, 0.2) is 0 Å². The molecule has 0 radical (unpaired) electrons. The second kappa shape index (κ2) is 8.32. The molecular weight excluding hydrogens is 383 g/mol. The van der Waals surface area contributed by atoms with Crippen molar-refractivity contribution in [2.45, 2.75) is 33.1 Å². The zero-order valence-corrected chi connectivity index (χ0v) is 16.9. The third-order valence-corrected chi connectivity index (χ3v) is 5.48. The normalized spacial score (nSPS) is 16.7. The van der Waals surface area contributed by atoms with Crippen LogP contribution >= 0.6 is 23.2 Å². The highest BCUT2D eigenvalue weighted by Gasteiger charge is 2.36. The van der Waals surface area contributed by atoms with Crippen LogP contribution in [0.25, 0.3) is 0 Å². The quantitative estimate of drug-likeness (QED) is 0.752. The predicted octanol–water partition coefficient (Wildman–Crippen LogP) is 5.11. The summed E-state index contributed by atoms with van der Waals surface area (Å²) >= 11 is 12.1. The lowest BCUT2D eigenvalue weighted by atomic mass is 10.0. The summed E-state index contributed by atoms with van der Waals surface area (Å²) in [6, 6.07) is 11.0. The highest BCUT2D eigenvalue weighted by molar-refractivity contribution is 6.35. The number of carbonyl (C=O) groups excluding carboxylic acids is 2. The van der Waals surface area contributed by atoms with Crippen molar-refractivity contribution < 1.29 is 9.59 Å². The van der Waals surface area contributed by atoms with Gasteiger partial charge in [0.25, 0.3) is 0 Å². The minimum Gasteiger partial charge on any atom is -0.324 e. The Bertz CT molecular complexity index is 860. The number of benzene rings is 2. The van der Waals surface area contributed by atoms with Crippen molar-refractivity contribution in [2.75, 3.05) is 16.8 Å². The smallest absolute Gasteiger partial charge is 0.229 e. The fraction of sp³-hybridized carbons (Fsp3) is 0.333. The Kier molecular flexibility index (Phi) is 6.08. The Morgan fingerprint density at radius 3 is 2.44 bits per heavy atom. The topological polar surface area (TPSA) is 49.4 Å². The Hall–Kier alpha value is -2.04. The molecule has 4 nitrogen and oxygen atoms in total. The second-order valence-electron chi connectivity index (χ2n) is 6.65. The molecule has 2 aromatic carbocycles. The molecule has 1 aliphatic heterocycles. The number of para-hydroxylation sites is 1. The highest BCUT2D eigenvalue weighted by Crippen LogP contribution is 2.33. The molecule has 27 heavy (non-hydrogen) atoms. The van der Waals surface area contributed by atoms with Gasteiger partial charge in [0, 0.05) is 23.7 Å². The lowest BCUT2D eigenvalue weighted by Gasteiger charge is -2.23. The van der Waals surface area contributed by atoms with E-state index in [9.17, 15) is 9.59 Å². The lowest BCUT2D eigenvalue weighted by molar-refractivity contribution is -0.122. The number of amides is 2. The van der Waals surface area contributed by atoms with Crippen molar-refractivity contribution >= 4 is 46.4 Å². The fourth-order valence-electron chi connectivity index (χ4n) is 3.49. The largest absolute Gasteiger partial charge is 0.324 e. The molecule has 3 rings (SSSR count). The first kappa shape index (κ1) is 19.7. The van der Waals surface area contributed by atoms with Crippen LogP contribution in [0.4, 0.5) is 11.4 Å². The molecule has 1 fully saturated rings. The molecule has 2 aromatic rings. The first-order valence-electron chi connectivity index (χ1n) is 9.11. The molecule has 0 saturated carbocycles. The molecule has 2 amide bonds. The van der Waals surface area contributed by atoms with Crippen LogP contribution in [0.1, 0.15) is 31.4 Å². The van der Waals surface area contributed by atoms with Gasteiger partial charge in [-0.2, -0.15) is 0 Å². The summed E-state index contributed by atoms with van der Waals surface area (Å²) in [6.45, 7) is 4.52. The van der Waals surface area contributed by atoms with Crippen LogP contribution in [0.2, 0.25) is 10.0 Å². The van der Waals surface area contributed by atoms with Crippen LogP contribution in [0, 0.1) is 5.92 Å². The Morgan fingerprint density at radius 1 is 1.15 bits per heavy atom. The molecule has 1 heterocycles. The van der Waals surface area contributed by atoms with Gasteiger partial charge in [0.1, 0.15) is 0 Å². The van der Waals surface area contributed by atoms with Crippen LogP contribution < -0.4 is 10.2 Å². The molecule has 1 saturated heterocycles. The lowest BCUT2D eigenvalue weighted by Crippen LogP contribution is -2.29. The molecule has 1 N–H and O–H groups in total. The first-order chi connectivity index (χ1) is 12.9. The van der Waals surface area contributed by atoms with Crippen molar-refractivity contribution in [1.82, 2.24) is 0 Å². The third-order valence-electron chi connectivity index (χ3n) is 4.92. The highest BCUT2D eigenvalue weighted by atomic mass is 35.5. The number of aryl methyl sites for hydroxylation is 2. The SMILES string of the molecule is CCc1cccc(CC)c1N1C[C@@H](C(=O)Nc2cc(Cl)ccc2Cl)CC1=O. The van der Waals surface area contributed by atoms with Gasteiger partial charge in [-0.1, -0.05) is 55.2 Å². The number of halogens is 2. The molecule has 0 aliphatic carbocycles. The monoisotopic (exact) mass is 404 g/mol. The maximum atomic E-state index is 12.7. The predicted molar refractivity (Wildman–Crippen MR) is 111 cm³/mol. The van der Waals surface area contributed by atoms with Crippen molar-refractivity contribution in [3.8, 4) is 0 Å². The zero-order valence-electron chi connectivity index (χ0n) is 15.4. The standard InChI is InChI=1S/C21H22Cl2N2O2/c1-3-13-6-5-7-14(4-2)20(13)25-12-15(10-19(25)26)21(27)24-18-11-16(22)8-9-17(18)23/h5-9,11,15H,3-4,10,12H2,1-2H3,(H,24,27)/t15-/m0/s1. The van der Waals surface area contributed by atoms with E-state index in [0.29, 0.717) is 22.3 Å². The van der Waals surface area contributed by atoms with Gasteiger partial charge >= 0.3 is 0 Å². The van der Waals surface area contributed by atoms with Crippen LogP contribution in [-0.4, -0.2) is 18.4 Å². The van der Waals surface area contributed by atoms with Gasteiger partial charge in [0.05, 0.1) is 16.6 Å². The Morgan fingerprint density at radius 2 is 1.81 bits per heavy atom. The molecule has 1 atom stereocenters. The van der Waals surface area contributed by atoms with Crippen LogP contribution in [0.3, 0.4) is 0 Å². The maximum absolute atomic E-state index is 12.7. The van der Waals surface area contributed by atoms with Crippen LogP contribution in [0.15, 0.2) is 36.4 Å². The molecule has 0 spiro atoms. The van der Waals surface area contributed by atoms with E-state index in [-0.39, 0.29) is 18.2 Å². The number of rotatable bonds is 5. The molecule has 142 valence electrons. The van der Waals surface area contributed by atoms with E-state index in [1.165, 1.54) is 0 Å². The van der Waals surface area contributed by atoms with E-state index >= 15 is 0 Å². The summed E-state index contributed by atoms with van der Waals surface area (Å²) in [5.41, 5.74) is 3.68. The fourth-order valence-corrected chi connectivity index (χ4v) is 3.83. The summed E-state index contributed by atoms with van der Waals surface area (Å²) in [5.74, 6) is -0.674. The molecule has 0 unspecified atom stereocenters. The first-order valence-corrected chi connectivity index (χ1v) is 9.87. The van der Waals surface area contributed by atoms with E-state index in [1.807, 2.05) is 18.2 Å². The van der Waals surface area contributed by atoms with Gasteiger partial charge in [-0.15, -0.1) is 0 Å². The number of nitrogens with zero attached hydrogens (tertiary/aromatic N) is 1. The van der Waals surface area contributed by atoms with Gasteiger partial charge in [-0.05, 0) is 42.2 Å². The van der Waals surface area contributed by atoms with E-state index < -0.39 is 5.92 Å². The number of carbonyl (C=O) groups is 2. The molecule has 6 heteroatoms. The summed E-state index contributed by atoms with van der Waals surface area (Å²) < 4.78 is 0.